The summed E-state index contributed by atoms with van der Waals surface area (Å²) in [7, 11) is 1.81. The first-order chi connectivity index (χ1) is 10.0. The van der Waals surface area contributed by atoms with Gasteiger partial charge in [-0.2, -0.15) is 5.10 Å². The molecule has 0 saturated carbocycles. The highest BCUT2D eigenvalue weighted by molar-refractivity contribution is 5.82. The zero-order valence-corrected chi connectivity index (χ0v) is 12.5. The number of carboxylic acids is 1. The molecule has 1 aliphatic heterocycles. The van der Waals surface area contributed by atoms with Gasteiger partial charge in [-0.05, 0) is 18.8 Å². The van der Waals surface area contributed by atoms with Crippen LogP contribution in [0, 0.1) is 5.92 Å². The summed E-state index contributed by atoms with van der Waals surface area (Å²) in [5.41, 5.74) is 0.890. The molecule has 1 aromatic heterocycles. The van der Waals surface area contributed by atoms with E-state index in [0.29, 0.717) is 25.4 Å². The van der Waals surface area contributed by atoms with Crippen LogP contribution in [0.1, 0.15) is 31.7 Å². The van der Waals surface area contributed by atoms with E-state index in [1.54, 1.807) is 17.9 Å². The van der Waals surface area contributed by atoms with Gasteiger partial charge in [0, 0.05) is 31.9 Å². The highest BCUT2D eigenvalue weighted by Gasteiger charge is 2.35. The molecule has 2 heterocycles. The molecule has 116 valence electrons. The number of nitrogens with zero attached hydrogens (tertiary/aromatic N) is 3. The number of aromatic nitrogens is 2. The third-order valence-corrected chi connectivity index (χ3v) is 4.04. The Labute approximate surface area is 123 Å². The first-order valence-corrected chi connectivity index (χ1v) is 7.26. The van der Waals surface area contributed by atoms with Gasteiger partial charge >= 0.3 is 12.0 Å². The van der Waals surface area contributed by atoms with Crippen molar-refractivity contribution in [3.05, 3.63) is 18.0 Å². The minimum Gasteiger partial charge on any atom is -0.480 e. The van der Waals surface area contributed by atoms with Crippen molar-refractivity contribution < 1.29 is 14.7 Å². The molecule has 1 aliphatic rings. The van der Waals surface area contributed by atoms with E-state index in [1.165, 1.54) is 4.90 Å². The van der Waals surface area contributed by atoms with Gasteiger partial charge in [-0.1, -0.05) is 13.3 Å². The maximum Gasteiger partial charge on any atom is 0.326 e. The van der Waals surface area contributed by atoms with Crippen LogP contribution < -0.4 is 5.32 Å². The standard InChI is InChI=1S/C14H22N4O3/c1-3-10-4-5-18(12(6-10)13(19)20)14(21)15-7-11-8-16-17(2)9-11/h8-10,12H,3-7H2,1-2H3,(H,15,21)(H,19,20). The Bertz CT molecular complexity index is 514. The van der Waals surface area contributed by atoms with Gasteiger partial charge in [-0.25, -0.2) is 9.59 Å². The third-order valence-electron chi connectivity index (χ3n) is 4.04. The Hall–Kier alpha value is -2.05. The maximum absolute atomic E-state index is 12.2. The summed E-state index contributed by atoms with van der Waals surface area (Å²) in [4.78, 5) is 25.0. The van der Waals surface area contributed by atoms with Gasteiger partial charge in [0.1, 0.15) is 6.04 Å². The van der Waals surface area contributed by atoms with Gasteiger partial charge in [-0.15, -0.1) is 0 Å². The van der Waals surface area contributed by atoms with E-state index in [1.807, 2.05) is 6.20 Å². The van der Waals surface area contributed by atoms with Crippen LogP contribution in [-0.2, 0) is 18.4 Å². The molecule has 0 bridgehead atoms. The number of carboxylic acid groups (broad SMARTS) is 1. The largest absolute Gasteiger partial charge is 0.480 e. The molecule has 2 rings (SSSR count). The normalized spacial score (nSPS) is 22.1. The van der Waals surface area contributed by atoms with E-state index in [4.69, 9.17) is 0 Å². The minimum atomic E-state index is -0.926. The van der Waals surface area contributed by atoms with Crippen molar-refractivity contribution in [3.63, 3.8) is 0 Å². The lowest BCUT2D eigenvalue weighted by atomic mass is 9.89. The van der Waals surface area contributed by atoms with E-state index in [0.717, 1.165) is 18.4 Å². The van der Waals surface area contributed by atoms with Crippen molar-refractivity contribution in [1.29, 1.82) is 0 Å². The Kier molecular flexibility index (Phi) is 4.82. The second kappa shape index (κ2) is 6.60. The van der Waals surface area contributed by atoms with Crippen LogP contribution in [0.15, 0.2) is 12.4 Å². The zero-order valence-electron chi connectivity index (χ0n) is 12.5. The van der Waals surface area contributed by atoms with Gasteiger partial charge in [0.2, 0.25) is 0 Å². The molecular formula is C14H22N4O3. The summed E-state index contributed by atoms with van der Waals surface area (Å²) >= 11 is 0. The second-order valence-electron chi connectivity index (χ2n) is 5.53. The predicted octanol–water partition coefficient (Wildman–Crippen LogP) is 1.20. The van der Waals surface area contributed by atoms with Crippen molar-refractivity contribution in [2.45, 2.75) is 38.8 Å². The summed E-state index contributed by atoms with van der Waals surface area (Å²) in [5.74, 6) is -0.543. The van der Waals surface area contributed by atoms with Crippen molar-refractivity contribution in [3.8, 4) is 0 Å². The number of carbonyl (C=O) groups excluding carboxylic acids is 1. The van der Waals surface area contributed by atoms with Gasteiger partial charge in [0.15, 0.2) is 0 Å². The number of rotatable bonds is 4. The predicted molar refractivity (Wildman–Crippen MR) is 76.6 cm³/mol. The van der Waals surface area contributed by atoms with Crippen molar-refractivity contribution in [2.75, 3.05) is 6.54 Å². The number of carbonyl (C=O) groups is 2. The monoisotopic (exact) mass is 294 g/mol. The van der Waals surface area contributed by atoms with Gasteiger partial charge < -0.3 is 15.3 Å². The SMILES string of the molecule is CCC1CCN(C(=O)NCc2cnn(C)c2)C(C(=O)O)C1. The first-order valence-electron chi connectivity index (χ1n) is 7.26. The van der Waals surface area contributed by atoms with Crippen LogP contribution in [0.25, 0.3) is 0 Å². The van der Waals surface area contributed by atoms with E-state index in [2.05, 4.69) is 17.3 Å². The van der Waals surface area contributed by atoms with Crippen LogP contribution >= 0.6 is 0 Å². The van der Waals surface area contributed by atoms with Crippen LogP contribution in [0.5, 0.6) is 0 Å². The highest BCUT2D eigenvalue weighted by atomic mass is 16.4. The average molecular weight is 294 g/mol. The Morgan fingerprint density at radius 3 is 2.86 bits per heavy atom. The molecule has 2 N–H and O–H groups in total. The number of hydrogen-bond acceptors (Lipinski definition) is 3. The van der Waals surface area contributed by atoms with E-state index < -0.39 is 12.0 Å². The van der Waals surface area contributed by atoms with Gasteiger partial charge in [0.25, 0.3) is 0 Å². The Balaban J connectivity index is 1.95. The van der Waals surface area contributed by atoms with Crippen LogP contribution in [-0.4, -0.2) is 44.4 Å². The third kappa shape index (κ3) is 3.74. The van der Waals surface area contributed by atoms with Crippen molar-refractivity contribution >= 4 is 12.0 Å². The summed E-state index contributed by atoms with van der Waals surface area (Å²) in [5, 5.41) is 16.1. The Morgan fingerprint density at radius 2 is 2.29 bits per heavy atom. The maximum atomic E-state index is 12.2. The molecular weight excluding hydrogens is 272 g/mol. The molecule has 7 nitrogen and oxygen atoms in total. The van der Waals surface area contributed by atoms with Gasteiger partial charge in [-0.3, -0.25) is 4.68 Å². The number of aliphatic carboxylic acids is 1. The van der Waals surface area contributed by atoms with Crippen molar-refractivity contribution in [1.82, 2.24) is 20.0 Å². The Morgan fingerprint density at radius 1 is 1.52 bits per heavy atom. The quantitative estimate of drug-likeness (QED) is 0.873. The topological polar surface area (TPSA) is 87.5 Å². The minimum absolute atomic E-state index is 0.319. The van der Waals surface area contributed by atoms with Gasteiger partial charge in [0.05, 0.1) is 6.20 Å². The zero-order chi connectivity index (χ0) is 15.4. The number of likely N-dealkylation sites (tertiary alicyclic amines) is 1. The summed E-state index contributed by atoms with van der Waals surface area (Å²) in [6, 6.07) is -1.04. The summed E-state index contributed by atoms with van der Waals surface area (Å²) in [6.45, 7) is 2.91. The van der Waals surface area contributed by atoms with Crippen molar-refractivity contribution in [2.24, 2.45) is 13.0 Å². The number of amides is 2. The molecule has 0 aromatic carbocycles. The fourth-order valence-corrected chi connectivity index (χ4v) is 2.73. The van der Waals surface area contributed by atoms with Crippen LogP contribution in [0.4, 0.5) is 4.79 Å². The van der Waals surface area contributed by atoms with E-state index in [9.17, 15) is 14.7 Å². The molecule has 2 atom stereocenters. The molecule has 1 fully saturated rings. The number of aryl methyl sites for hydroxylation is 1. The molecule has 1 saturated heterocycles. The first kappa shape index (κ1) is 15.3. The fraction of sp³-hybridized carbons (Fsp3) is 0.643. The molecule has 1 aromatic rings. The highest BCUT2D eigenvalue weighted by Crippen LogP contribution is 2.25. The molecule has 0 aliphatic carbocycles. The summed E-state index contributed by atoms with van der Waals surface area (Å²) in [6.07, 6.45) is 5.85. The van der Waals surface area contributed by atoms with E-state index in [-0.39, 0.29) is 6.03 Å². The van der Waals surface area contributed by atoms with E-state index >= 15 is 0 Å². The van der Waals surface area contributed by atoms with Crippen LogP contribution in [0.2, 0.25) is 0 Å². The molecule has 2 amide bonds. The molecule has 7 heteroatoms. The molecule has 2 unspecified atom stereocenters. The number of urea groups is 1. The number of hydrogen-bond donors (Lipinski definition) is 2. The summed E-state index contributed by atoms with van der Waals surface area (Å²) < 4.78 is 1.66. The average Bonchev–Trinajstić information content (AvgIpc) is 2.89. The number of nitrogens with one attached hydrogen (secondary N) is 1. The smallest absolute Gasteiger partial charge is 0.326 e. The fourth-order valence-electron chi connectivity index (χ4n) is 2.73. The molecule has 21 heavy (non-hydrogen) atoms. The molecule has 0 spiro atoms. The lowest BCUT2D eigenvalue weighted by Crippen LogP contribution is -2.53. The number of piperidine rings is 1. The second-order valence-corrected chi connectivity index (χ2v) is 5.53. The van der Waals surface area contributed by atoms with Crippen LogP contribution in [0.3, 0.4) is 0 Å². The molecule has 0 radical (unpaired) electrons. The lowest BCUT2D eigenvalue weighted by molar-refractivity contribution is -0.144. The lowest BCUT2D eigenvalue weighted by Gasteiger charge is -2.36.